The minimum Gasteiger partial charge on any atom is -0.490 e. The number of ether oxygens (including phenoxy) is 2. The molecule has 0 fully saturated rings. The molecule has 0 spiro atoms. The van der Waals surface area contributed by atoms with Gasteiger partial charge in [0.05, 0.1) is 35.3 Å². The Morgan fingerprint density at radius 2 is 1.88 bits per heavy atom. The topological polar surface area (TPSA) is 125 Å². The minimum atomic E-state index is -4.25. The highest BCUT2D eigenvalue weighted by molar-refractivity contribution is 7.92. The van der Waals surface area contributed by atoms with Gasteiger partial charge in [-0.2, -0.15) is 0 Å². The maximum absolute atomic E-state index is 12.6. The lowest BCUT2D eigenvalue weighted by molar-refractivity contribution is -0.386. The Bertz CT molecular complexity index is 976. The van der Waals surface area contributed by atoms with Gasteiger partial charge in [0.2, 0.25) is 0 Å². The number of esters is 1. The van der Waals surface area contributed by atoms with Crippen LogP contribution in [0.15, 0.2) is 41.3 Å². The van der Waals surface area contributed by atoms with E-state index >= 15 is 0 Å². The van der Waals surface area contributed by atoms with Gasteiger partial charge in [-0.15, -0.1) is 0 Å². The molecule has 11 heteroatoms. The molecule has 0 atom stereocenters. The highest BCUT2D eigenvalue weighted by Crippen LogP contribution is 2.31. The quantitative estimate of drug-likeness (QED) is 0.449. The van der Waals surface area contributed by atoms with Crippen molar-refractivity contribution in [2.24, 2.45) is 0 Å². The molecule has 0 amide bonds. The standard InChI is InChI=1S/C15H13ClN2O7S/c1-24-14-6-4-10(8-13(14)18(20)21)26(22,23)17-12-7-9(16)3-5-11(12)15(19)25-2/h3-8,17H,1-2H3. The lowest BCUT2D eigenvalue weighted by Crippen LogP contribution is -2.16. The molecule has 0 saturated carbocycles. The van der Waals surface area contributed by atoms with Crippen LogP contribution in [0.5, 0.6) is 5.75 Å². The Morgan fingerprint density at radius 3 is 2.46 bits per heavy atom. The van der Waals surface area contributed by atoms with Crippen LogP contribution in [0.2, 0.25) is 5.02 Å². The zero-order chi connectivity index (χ0) is 19.5. The minimum absolute atomic E-state index is 0.0662. The van der Waals surface area contributed by atoms with E-state index < -0.39 is 26.6 Å². The van der Waals surface area contributed by atoms with Gasteiger partial charge in [-0.1, -0.05) is 11.6 Å². The van der Waals surface area contributed by atoms with Crippen LogP contribution in [0.4, 0.5) is 11.4 Å². The van der Waals surface area contributed by atoms with Crippen LogP contribution in [0, 0.1) is 10.1 Å². The fourth-order valence-corrected chi connectivity index (χ4v) is 3.33. The second-order valence-corrected chi connectivity index (χ2v) is 7.00. The van der Waals surface area contributed by atoms with Crippen molar-refractivity contribution in [2.45, 2.75) is 4.90 Å². The number of nitrogens with zero attached hydrogens (tertiary/aromatic N) is 1. The van der Waals surface area contributed by atoms with Gasteiger partial charge >= 0.3 is 11.7 Å². The molecule has 0 aliphatic carbocycles. The predicted octanol–water partition coefficient (Wildman–Crippen LogP) is 2.84. The molecule has 0 aliphatic heterocycles. The third-order valence-corrected chi connectivity index (χ3v) is 4.89. The van der Waals surface area contributed by atoms with Crippen LogP contribution in [-0.2, 0) is 14.8 Å². The number of nitrogens with one attached hydrogen (secondary N) is 1. The molecule has 138 valence electrons. The molecule has 0 bridgehead atoms. The molecule has 0 aromatic heterocycles. The summed E-state index contributed by atoms with van der Waals surface area (Å²) in [6.45, 7) is 0. The van der Waals surface area contributed by atoms with Gasteiger partial charge in [0.25, 0.3) is 10.0 Å². The lowest BCUT2D eigenvalue weighted by Gasteiger charge is -2.12. The molecule has 2 rings (SSSR count). The monoisotopic (exact) mass is 400 g/mol. The van der Waals surface area contributed by atoms with E-state index in [-0.39, 0.29) is 26.9 Å². The first-order chi connectivity index (χ1) is 12.2. The maximum Gasteiger partial charge on any atom is 0.339 e. The van der Waals surface area contributed by atoms with Crippen LogP contribution in [0.25, 0.3) is 0 Å². The summed E-state index contributed by atoms with van der Waals surface area (Å²) < 4.78 is 36.8. The number of nitro benzene ring substituents is 1. The van der Waals surface area contributed by atoms with Crippen molar-refractivity contribution in [1.82, 2.24) is 0 Å². The average Bonchev–Trinajstić information content (AvgIpc) is 2.60. The number of nitro groups is 1. The first-order valence-corrected chi connectivity index (χ1v) is 8.79. The van der Waals surface area contributed by atoms with Gasteiger partial charge in [0, 0.05) is 11.1 Å². The Morgan fingerprint density at radius 1 is 1.19 bits per heavy atom. The van der Waals surface area contributed by atoms with Crippen molar-refractivity contribution in [3.8, 4) is 5.75 Å². The Balaban J connectivity index is 2.50. The lowest BCUT2D eigenvalue weighted by atomic mass is 10.2. The summed E-state index contributed by atoms with van der Waals surface area (Å²) in [4.78, 5) is 21.7. The summed E-state index contributed by atoms with van der Waals surface area (Å²) in [5, 5.41) is 11.3. The van der Waals surface area contributed by atoms with Gasteiger partial charge in [0.15, 0.2) is 5.75 Å². The number of benzene rings is 2. The molecule has 0 radical (unpaired) electrons. The SMILES string of the molecule is COC(=O)c1ccc(Cl)cc1NS(=O)(=O)c1ccc(OC)c([N+](=O)[O-])c1. The van der Waals surface area contributed by atoms with E-state index in [0.29, 0.717) is 0 Å². The zero-order valence-corrected chi connectivity index (χ0v) is 15.1. The smallest absolute Gasteiger partial charge is 0.339 e. The molecule has 0 heterocycles. The average molecular weight is 401 g/mol. The first-order valence-electron chi connectivity index (χ1n) is 6.92. The van der Waals surface area contributed by atoms with E-state index in [1.807, 2.05) is 0 Å². The summed E-state index contributed by atoms with van der Waals surface area (Å²) in [7, 11) is -1.89. The van der Waals surface area contributed by atoms with E-state index in [9.17, 15) is 23.3 Å². The molecule has 26 heavy (non-hydrogen) atoms. The number of methoxy groups -OCH3 is 2. The zero-order valence-electron chi connectivity index (χ0n) is 13.6. The van der Waals surface area contributed by atoms with Gasteiger partial charge < -0.3 is 9.47 Å². The molecule has 0 saturated heterocycles. The van der Waals surface area contributed by atoms with E-state index in [0.717, 1.165) is 25.3 Å². The van der Waals surface area contributed by atoms with Crippen molar-refractivity contribution >= 4 is 39.0 Å². The van der Waals surface area contributed by atoms with E-state index in [4.69, 9.17) is 16.3 Å². The van der Waals surface area contributed by atoms with Crippen LogP contribution in [0.1, 0.15) is 10.4 Å². The Labute approximate surface area is 153 Å². The normalized spacial score (nSPS) is 10.9. The second-order valence-electron chi connectivity index (χ2n) is 4.88. The molecule has 0 unspecified atom stereocenters. The molecular weight excluding hydrogens is 388 g/mol. The highest BCUT2D eigenvalue weighted by atomic mass is 35.5. The van der Waals surface area contributed by atoms with Crippen LogP contribution < -0.4 is 9.46 Å². The van der Waals surface area contributed by atoms with E-state index in [1.165, 1.54) is 25.3 Å². The van der Waals surface area contributed by atoms with Crippen molar-refractivity contribution in [3.63, 3.8) is 0 Å². The summed E-state index contributed by atoms with van der Waals surface area (Å²) in [5.74, 6) is -0.868. The predicted molar refractivity (Wildman–Crippen MR) is 93.2 cm³/mol. The number of hydrogen-bond donors (Lipinski definition) is 1. The van der Waals surface area contributed by atoms with Crippen molar-refractivity contribution < 1.29 is 27.6 Å². The van der Waals surface area contributed by atoms with Crippen LogP contribution in [-0.4, -0.2) is 33.5 Å². The fourth-order valence-electron chi connectivity index (χ4n) is 2.07. The largest absolute Gasteiger partial charge is 0.490 e. The van der Waals surface area contributed by atoms with Crippen molar-refractivity contribution in [3.05, 3.63) is 57.1 Å². The van der Waals surface area contributed by atoms with Gasteiger partial charge in [-0.25, -0.2) is 13.2 Å². The number of halogens is 1. The number of sulfonamides is 1. The molecular formula is C15H13ClN2O7S. The summed E-state index contributed by atoms with van der Waals surface area (Å²) in [6.07, 6.45) is 0. The molecule has 1 N–H and O–H groups in total. The Kier molecular flexibility index (Phi) is 5.68. The van der Waals surface area contributed by atoms with Gasteiger partial charge in [-0.3, -0.25) is 14.8 Å². The van der Waals surface area contributed by atoms with E-state index in [1.54, 1.807) is 0 Å². The van der Waals surface area contributed by atoms with E-state index in [2.05, 4.69) is 9.46 Å². The number of hydrogen-bond acceptors (Lipinski definition) is 7. The van der Waals surface area contributed by atoms with Crippen LogP contribution >= 0.6 is 11.6 Å². The van der Waals surface area contributed by atoms with Gasteiger partial charge in [0.1, 0.15) is 0 Å². The third-order valence-electron chi connectivity index (χ3n) is 3.29. The van der Waals surface area contributed by atoms with Gasteiger partial charge in [-0.05, 0) is 30.3 Å². The number of carbonyl (C=O) groups excluding carboxylic acids is 1. The van der Waals surface area contributed by atoms with Crippen LogP contribution in [0.3, 0.4) is 0 Å². The number of anilines is 1. The van der Waals surface area contributed by atoms with Crippen molar-refractivity contribution in [2.75, 3.05) is 18.9 Å². The third kappa shape index (κ3) is 4.03. The van der Waals surface area contributed by atoms with Crippen molar-refractivity contribution in [1.29, 1.82) is 0 Å². The molecule has 9 nitrogen and oxygen atoms in total. The number of carbonyl (C=O) groups is 1. The summed E-state index contributed by atoms with van der Waals surface area (Å²) in [6, 6.07) is 7.06. The molecule has 0 aliphatic rings. The molecule has 2 aromatic carbocycles. The number of rotatable bonds is 6. The first kappa shape index (κ1) is 19.5. The Hall–Kier alpha value is -2.85. The maximum atomic E-state index is 12.6. The highest BCUT2D eigenvalue weighted by Gasteiger charge is 2.24. The second kappa shape index (κ2) is 7.58. The summed E-state index contributed by atoms with van der Waals surface area (Å²) in [5.41, 5.74) is -0.707. The fraction of sp³-hybridized carbons (Fsp3) is 0.133. The summed E-state index contributed by atoms with van der Waals surface area (Å²) >= 11 is 5.85. The molecule has 2 aromatic rings.